The van der Waals surface area contributed by atoms with Crippen LogP contribution in [0.1, 0.15) is 24.1 Å². The Bertz CT molecular complexity index is 602. The Morgan fingerprint density at radius 3 is 2.67 bits per heavy atom. The molecule has 1 atom stereocenters. The Balaban J connectivity index is 2.05. The standard InChI is InChI=1S/C16H20N2O3/c1-11(13-6-7-17-10-16(13)21-3)18-9-12-4-5-14(19)15(8-12)20-2/h4-8,10-11,18-19H,9H2,1-3H3/t11-/m1/s1. The van der Waals surface area contributed by atoms with Crippen LogP contribution in [0.2, 0.25) is 0 Å². The number of ether oxygens (including phenoxy) is 2. The number of nitrogens with one attached hydrogen (secondary N) is 1. The summed E-state index contributed by atoms with van der Waals surface area (Å²) in [6.07, 6.45) is 3.46. The second kappa shape index (κ2) is 6.95. The van der Waals surface area contributed by atoms with Crippen LogP contribution in [-0.2, 0) is 6.54 Å². The molecule has 0 fully saturated rings. The molecule has 0 aliphatic rings. The van der Waals surface area contributed by atoms with Gasteiger partial charge >= 0.3 is 0 Å². The first-order valence-corrected chi connectivity index (χ1v) is 6.73. The number of aromatic hydroxyl groups is 1. The van der Waals surface area contributed by atoms with Gasteiger partial charge in [-0.05, 0) is 30.7 Å². The maximum absolute atomic E-state index is 9.59. The number of benzene rings is 1. The zero-order chi connectivity index (χ0) is 15.2. The molecule has 1 aromatic heterocycles. The molecule has 0 radical (unpaired) electrons. The van der Waals surface area contributed by atoms with Crippen LogP contribution < -0.4 is 14.8 Å². The predicted octanol–water partition coefficient (Wildman–Crippen LogP) is 2.66. The van der Waals surface area contributed by atoms with Crippen molar-refractivity contribution < 1.29 is 14.6 Å². The van der Waals surface area contributed by atoms with Crippen LogP contribution in [-0.4, -0.2) is 24.3 Å². The lowest BCUT2D eigenvalue weighted by Gasteiger charge is -2.17. The quantitative estimate of drug-likeness (QED) is 0.855. The summed E-state index contributed by atoms with van der Waals surface area (Å²) < 4.78 is 10.4. The molecule has 2 rings (SSSR count). The Morgan fingerprint density at radius 2 is 1.95 bits per heavy atom. The zero-order valence-corrected chi connectivity index (χ0v) is 12.5. The predicted molar refractivity (Wildman–Crippen MR) is 80.7 cm³/mol. The van der Waals surface area contributed by atoms with Crippen molar-refractivity contribution in [1.82, 2.24) is 10.3 Å². The first-order valence-electron chi connectivity index (χ1n) is 6.73. The van der Waals surface area contributed by atoms with Crippen LogP contribution in [0.5, 0.6) is 17.2 Å². The monoisotopic (exact) mass is 288 g/mol. The number of phenolic OH excluding ortho intramolecular Hbond substituents is 1. The number of nitrogens with zero attached hydrogens (tertiary/aromatic N) is 1. The number of rotatable bonds is 6. The fourth-order valence-corrected chi connectivity index (χ4v) is 2.13. The van der Waals surface area contributed by atoms with Crippen molar-refractivity contribution in [2.45, 2.75) is 19.5 Å². The van der Waals surface area contributed by atoms with Crippen molar-refractivity contribution in [1.29, 1.82) is 0 Å². The zero-order valence-electron chi connectivity index (χ0n) is 12.5. The molecule has 2 N–H and O–H groups in total. The van der Waals surface area contributed by atoms with Gasteiger partial charge in [0.25, 0.3) is 0 Å². The molecule has 0 aliphatic carbocycles. The van der Waals surface area contributed by atoms with Crippen molar-refractivity contribution in [3.05, 3.63) is 47.8 Å². The van der Waals surface area contributed by atoms with Crippen molar-refractivity contribution in [2.24, 2.45) is 0 Å². The molecule has 112 valence electrons. The molecule has 1 aromatic carbocycles. The Hall–Kier alpha value is -2.27. The van der Waals surface area contributed by atoms with Crippen molar-refractivity contribution in [3.63, 3.8) is 0 Å². The highest BCUT2D eigenvalue weighted by atomic mass is 16.5. The normalized spacial score (nSPS) is 12.0. The topological polar surface area (TPSA) is 63.6 Å². The Kier molecular flexibility index (Phi) is 5.00. The summed E-state index contributed by atoms with van der Waals surface area (Å²) in [5.41, 5.74) is 2.09. The maximum atomic E-state index is 9.59. The number of methoxy groups -OCH3 is 2. The second-order valence-corrected chi connectivity index (χ2v) is 4.73. The van der Waals surface area contributed by atoms with E-state index in [1.54, 1.807) is 25.6 Å². The Labute approximate surface area is 124 Å². The third-order valence-corrected chi connectivity index (χ3v) is 3.36. The first-order chi connectivity index (χ1) is 10.2. The van der Waals surface area contributed by atoms with Crippen LogP contribution in [0.15, 0.2) is 36.7 Å². The van der Waals surface area contributed by atoms with E-state index in [1.807, 2.05) is 18.2 Å². The lowest BCUT2D eigenvalue weighted by molar-refractivity contribution is 0.372. The van der Waals surface area contributed by atoms with Gasteiger partial charge in [0.05, 0.1) is 20.4 Å². The molecular weight excluding hydrogens is 268 g/mol. The number of phenols is 1. The molecule has 1 heterocycles. The molecule has 5 heteroatoms. The number of hydrogen-bond acceptors (Lipinski definition) is 5. The summed E-state index contributed by atoms with van der Waals surface area (Å²) in [7, 11) is 3.18. The summed E-state index contributed by atoms with van der Waals surface area (Å²) >= 11 is 0. The van der Waals surface area contributed by atoms with Gasteiger partial charge in [0.2, 0.25) is 0 Å². The molecule has 0 aliphatic heterocycles. The third kappa shape index (κ3) is 3.64. The summed E-state index contributed by atoms with van der Waals surface area (Å²) in [4.78, 5) is 4.05. The van der Waals surface area contributed by atoms with Gasteiger partial charge in [-0.3, -0.25) is 4.98 Å². The largest absolute Gasteiger partial charge is 0.504 e. The highest BCUT2D eigenvalue weighted by Crippen LogP contribution is 2.27. The van der Waals surface area contributed by atoms with Crippen LogP contribution in [0.25, 0.3) is 0 Å². The van der Waals surface area contributed by atoms with Gasteiger partial charge in [-0.25, -0.2) is 0 Å². The van der Waals surface area contributed by atoms with Crippen molar-refractivity contribution >= 4 is 0 Å². The molecule has 2 aromatic rings. The molecule has 21 heavy (non-hydrogen) atoms. The molecule has 0 bridgehead atoms. The minimum atomic E-state index is 0.114. The van der Waals surface area contributed by atoms with Gasteiger partial charge in [-0.1, -0.05) is 6.07 Å². The van der Waals surface area contributed by atoms with E-state index >= 15 is 0 Å². The van der Waals surface area contributed by atoms with Gasteiger partial charge in [-0.2, -0.15) is 0 Å². The van der Waals surface area contributed by atoms with Gasteiger partial charge in [0.1, 0.15) is 5.75 Å². The number of aromatic nitrogens is 1. The van der Waals surface area contributed by atoms with Crippen LogP contribution in [0.4, 0.5) is 0 Å². The van der Waals surface area contributed by atoms with Crippen molar-refractivity contribution in [3.8, 4) is 17.2 Å². The van der Waals surface area contributed by atoms with Gasteiger partial charge in [0, 0.05) is 24.3 Å². The van der Waals surface area contributed by atoms with Crippen molar-refractivity contribution in [2.75, 3.05) is 14.2 Å². The average molecular weight is 288 g/mol. The molecule has 0 amide bonds. The first kappa shape index (κ1) is 15.1. The van der Waals surface area contributed by atoms with Crippen LogP contribution in [0.3, 0.4) is 0 Å². The van der Waals surface area contributed by atoms with E-state index in [-0.39, 0.29) is 11.8 Å². The highest BCUT2D eigenvalue weighted by molar-refractivity contribution is 5.41. The minimum absolute atomic E-state index is 0.114. The van der Waals surface area contributed by atoms with Crippen LogP contribution in [0, 0.1) is 0 Å². The molecule has 0 unspecified atom stereocenters. The van der Waals surface area contributed by atoms with E-state index in [1.165, 1.54) is 7.11 Å². The van der Waals surface area contributed by atoms with Gasteiger partial charge in [-0.15, -0.1) is 0 Å². The minimum Gasteiger partial charge on any atom is -0.504 e. The van der Waals surface area contributed by atoms with Gasteiger partial charge < -0.3 is 19.9 Å². The fourth-order valence-electron chi connectivity index (χ4n) is 2.13. The van der Waals surface area contributed by atoms with E-state index in [0.717, 1.165) is 16.9 Å². The van der Waals surface area contributed by atoms with E-state index < -0.39 is 0 Å². The van der Waals surface area contributed by atoms with E-state index in [9.17, 15) is 5.11 Å². The molecule has 5 nitrogen and oxygen atoms in total. The molecular formula is C16H20N2O3. The third-order valence-electron chi connectivity index (χ3n) is 3.36. The SMILES string of the molecule is COc1cc(CN[C@H](C)c2ccncc2OC)ccc1O. The molecule has 0 saturated heterocycles. The lowest BCUT2D eigenvalue weighted by Crippen LogP contribution is -2.18. The van der Waals surface area contributed by atoms with E-state index in [2.05, 4.69) is 17.2 Å². The van der Waals surface area contributed by atoms with E-state index in [4.69, 9.17) is 9.47 Å². The second-order valence-electron chi connectivity index (χ2n) is 4.73. The molecule has 0 spiro atoms. The average Bonchev–Trinajstić information content (AvgIpc) is 2.53. The Morgan fingerprint density at radius 1 is 1.19 bits per heavy atom. The number of hydrogen-bond donors (Lipinski definition) is 2. The lowest BCUT2D eigenvalue weighted by atomic mass is 10.1. The summed E-state index contributed by atoms with van der Waals surface area (Å²) in [6.45, 7) is 2.72. The summed E-state index contributed by atoms with van der Waals surface area (Å²) in [6, 6.07) is 7.37. The number of pyridine rings is 1. The highest BCUT2D eigenvalue weighted by Gasteiger charge is 2.11. The summed E-state index contributed by atoms with van der Waals surface area (Å²) in [5.74, 6) is 1.38. The summed E-state index contributed by atoms with van der Waals surface area (Å²) in [5, 5.41) is 13.0. The smallest absolute Gasteiger partial charge is 0.160 e. The maximum Gasteiger partial charge on any atom is 0.160 e. The fraction of sp³-hybridized carbons (Fsp3) is 0.312. The van der Waals surface area contributed by atoms with E-state index in [0.29, 0.717) is 12.3 Å². The molecule has 0 saturated carbocycles. The van der Waals surface area contributed by atoms with Gasteiger partial charge in [0.15, 0.2) is 11.5 Å². The van der Waals surface area contributed by atoms with Crippen LogP contribution >= 0.6 is 0 Å².